The zero-order valence-corrected chi connectivity index (χ0v) is 13.7. The molecule has 118 valence electrons. The van der Waals surface area contributed by atoms with Crippen LogP contribution in [0.1, 0.15) is 31.5 Å². The van der Waals surface area contributed by atoms with E-state index in [0.717, 1.165) is 5.39 Å². The molecule has 0 aliphatic heterocycles. The van der Waals surface area contributed by atoms with Gasteiger partial charge in [0, 0.05) is 25.8 Å². The number of carbonyl (C=O) groups is 1. The Morgan fingerprint density at radius 3 is 2.65 bits per heavy atom. The van der Waals surface area contributed by atoms with E-state index in [2.05, 4.69) is 20.3 Å². The van der Waals surface area contributed by atoms with Crippen molar-refractivity contribution in [2.24, 2.45) is 7.05 Å². The molecule has 0 unspecified atom stereocenters. The summed E-state index contributed by atoms with van der Waals surface area (Å²) in [6, 6.07) is 7.32. The Labute approximate surface area is 137 Å². The molecule has 23 heavy (non-hydrogen) atoms. The molecule has 0 saturated heterocycles. The van der Waals surface area contributed by atoms with Gasteiger partial charge in [0.05, 0.1) is 5.72 Å². The number of nitrogens with zero attached hydrogens (tertiary/aromatic N) is 4. The average Bonchev–Trinajstić information content (AvgIpc) is 2.84. The molecule has 3 aromatic heterocycles. The van der Waals surface area contributed by atoms with Crippen LogP contribution in [0.2, 0.25) is 0 Å². The maximum Gasteiger partial charge on any atom is 0.277 e. The summed E-state index contributed by atoms with van der Waals surface area (Å²) in [6.07, 6.45) is 1.66. The molecule has 0 aliphatic rings. The number of hydrogen-bond donors (Lipinski definition) is 1. The standard InChI is InChI=1S/C14H12BN5O.C2H6.H2/c1-8-11(19-14(15)20(8)2)13(21)18-10-6-5-9-4-3-7-16-12(9)17-10;1-2;/h3-7H,1-2H3,(H,16,17,18,21);1-2H3;1H. The van der Waals surface area contributed by atoms with E-state index in [1.165, 1.54) is 0 Å². The zero-order chi connectivity index (χ0) is 17.0. The fraction of sp³-hybridized carbons (Fsp3) is 0.250. The lowest BCUT2D eigenvalue weighted by molar-refractivity contribution is 0.102. The van der Waals surface area contributed by atoms with Gasteiger partial charge in [0.25, 0.3) is 5.91 Å². The highest BCUT2D eigenvalue weighted by Crippen LogP contribution is 2.13. The second-order valence-electron chi connectivity index (χ2n) is 4.66. The molecule has 0 aliphatic carbocycles. The highest BCUT2D eigenvalue weighted by molar-refractivity contribution is 6.29. The van der Waals surface area contributed by atoms with Crippen LogP contribution < -0.4 is 11.0 Å². The molecule has 3 aromatic rings. The Hall–Kier alpha value is -2.70. The van der Waals surface area contributed by atoms with Crippen LogP contribution in [0.4, 0.5) is 5.82 Å². The Bertz CT molecular complexity index is 850. The first-order chi connectivity index (χ1) is 11.1. The third kappa shape index (κ3) is 3.39. The Kier molecular flexibility index (Phi) is 5.11. The van der Waals surface area contributed by atoms with Gasteiger partial charge in [0.2, 0.25) is 0 Å². The Balaban J connectivity index is 0.000000925. The highest BCUT2D eigenvalue weighted by Gasteiger charge is 2.16. The number of rotatable bonds is 2. The monoisotopic (exact) mass is 309 g/mol. The molecule has 0 aromatic carbocycles. The zero-order valence-electron chi connectivity index (χ0n) is 13.7. The van der Waals surface area contributed by atoms with Crippen molar-refractivity contribution >= 4 is 36.3 Å². The average molecular weight is 309 g/mol. The summed E-state index contributed by atoms with van der Waals surface area (Å²) < 4.78 is 1.66. The number of imidazole rings is 1. The lowest BCUT2D eigenvalue weighted by atomic mass is 10.1. The molecule has 1 amide bonds. The Morgan fingerprint density at radius 1 is 1.26 bits per heavy atom. The van der Waals surface area contributed by atoms with E-state index < -0.39 is 0 Å². The molecule has 0 saturated carbocycles. The van der Waals surface area contributed by atoms with Crippen LogP contribution >= 0.6 is 0 Å². The van der Waals surface area contributed by atoms with Crippen LogP contribution in [0.3, 0.4) is 0 Å². The summed E-state index contributed by atoms with van der Waals surface area (Å²) in [7, 11) is 7.45. The van der Waals surface area contributed by atoms with Gasteiger partial charge in [-0.15, -0.1) is 0 Å². The lowest BCUT2D eigenvalue weighted by Crippen LogP contribution is -2.17. The van der Waals surface area contributed by atoms with Gasteiger partial charge in [-0.2, -0.15) is 0 Å². The molecular formula is C16H20BN5O. The smallest absolute Gasteiger partial charge is 0.277 e. The van der Waals surface area contributed by atoms with Crippen molar-refractivity contribution in [3.8, 4) is 0 Å². The van der Waals surface area contributed by atoms with Gasteiger partial charge in [-0.05, 0) is 31.2 Å². The van der Waals surface area contributed by atoms with Gasteiger partial charge >= 0.3 is 0 Å². The third-order valence-electron chi connectivity index (χ3n) is 3.34. The van der Waals surface area contributed by atoms with E-state index >= 15 is 0 Å². The van der Waals surface area contributed by atoms with Crippen LogP contribution in [0.25, 0.3) is 11.0 Å². The number of fused-ring (bicyclic) bond motifs is 1. The molecule has 3 rings (SSSR count). The maximum absolute atomic E-state index is 12.2. The number of pyridine rings is 2. The molecular weight excluding hydrogens is 289 g/mol. The van der Waals surface area contributed by atoms with Gasteiger partial charge in [-0.25, -0.2) is 15.0 Å². The van der Waals surface area contributed by atoms with Crippen LogP contribution in [0.15, 0.2) is 30.5 Å². The molecule has 1 N–H and O–H groups in total. The summed E-state index contributed by atoms with van der Waals surface area (Å²) in [4.78, 5) is 24.7. The molecule has 0 spiro atoms. The van der Waals surface area contributed by atoms with Crippen LogP contribution in [-0.2, 0) is 7.05 Å². The minimum absolute atomic E-state index is 0. The number of hydrogen-bond acceptors (Lipinski definition) is 4. The van der Waals surface area contributed by atoms with Crippen molar-refractivity contribution in [3.05, 3.63) is 41.9 Å². The maximum atomic E-state index is 12.2. The van der Waals surface area contributed by atoms with E-state index in [1.807, 2.05) is 32.0 Å². The van der Waals surface area contributed by atoms with Gasteiger partial charge < -0.3 is 9.88 Å². The SMILES string of the molecule is CC.[B]c1nc(C(=O)Nc2ccc3cccnc3n2)c(C)n1C.[HH]. The minimum atomic E-state index is -0.345. The fourth-order valence-corrected chi connectivity index (χ4v) is 2.01. The summed E-state index contributed by atoms with van der Waals surface area (Å²) >= 11 is 0. The molecule has 0 fully saturated rings. The molecule has 2 radical (unpaired) electrons. The van der Waals surface area contributed by atoms with Gasteiger partial charge in [-0.3, -0.25) is 4.79 Å². The summed E-state index contributed by atoms with van der Waals surface area (Å²) in [5.74, 6) is 0.0809. The van der Waals surface area contributed by atoms with Gasteiger partial charge in [0.15, 0.2) is 13.5 Å². The second kappa shape index (κ2) is 7.04. The highest BCUT2D eigenvalue weighted by atomic mass is 16.2. The Morgan fingerprint density at radius 2 is 2.00 bits per heavy atom. The van der Waals surface area contributed by atoms with E-state index in [-0.39, 0.29) is 13.0 Å². The van der Waals surface area contributed by atoms with E-state index in [0.29, 0.717) is 22.9 Å². The van der Waals surface area contributed by atoms with Crippen molar-refractivity contribution in [2.45, 2.75) is 20.8 Å². The summed E-state index contributed by atoms with van der Waals surface area (Å²) in [5, 5.41) is 3.62. The number of carbonyl (C=O) groups excluding carboxylic acids is 1. The van der Waals surface area contributed by atoms with Gasteiger partial charge in [-0.1, -0.05) is 13.8 Å². The number of amides is 1. The first kappa shape index (κ1) is 16.7. The van der Waals surface area contributed by atoms with Crippen LogP contribution in [0.5, 0.6) is 0 Å². The first-order valence-electron chi connectivity index (χ1n) is 7.38. The van der Waals surface area contributed by atoms with E-state index in [4.69, 9.17) is 7.85 Å². The van der Waals surface area contributed by atoms with Crippen molar-refractivity contribution in [2.75, 3.05) is 5.32 Å². The van der Waals surface area contributed by atoms with Gasteiger partial charge in [0.1, 0.15) is 11.5 Å². The minimum Gasteiger partial charge on any atom is -0.344 e. The molecule has 0 bridgehead atoms. The number of aromatic nitrogens is 4. The number of anilines is 1. The first-order valence-corrected chi connectivity index (χ1v) is 7.38. The van der Waals surface area contributed by atoms with Crippen molar-refractivity contribution in [1.29, 1.82) is 0 Å². The van der Waals surface area contributed by atoms with E-state index in [1.54, 1.807) is 30.8 Å². The van der Waals surface area contributed by atoms with Crippen molar-refractivity contribution in [3.63, 3.8) is 0 Å². The molecule has 3 heterocycles. The second-order valence-corrected chi connectivity index (χ2v) is 4.66. The van der Waals surface area contributed by atoms with Crippen molar-refractivity contribution in [1.82, 2.24) is 19.5 Å². The molecule has 7 heteroatoms. The summed E-state index contributed by atoms with van der Waals surface area (Å²) in [5.41, 5.74) is 1.86. The summed E-state index contributed by atoms with van der Waals surface area (Å²) in [6.45, 7) is 5.79. The van der Waals surface area contributed by atoms with Crippen LogP contribution in [0, 0.1) is 6.92 Å². The predicted molar refractivity (Wildman–Crippen MR) is 94.3 cm³/mol. The number of nitrogens with one attached hydrogen (secondary N) is 1. The van der Waals surface area contributed by atoms with Crippen molar-refractivity contribution < 1.29 is 6.22 Å². The fourth-order valence-electron chi connectivity index (χ4n) is 2.01. The van der Waals surface area contributed by atoms with E-state index in [9.17, 15) is 4.79 Å². The lowest BCUT2D eigenvalue weighted by Gasteiger charge is -2.04. The molecule has 6 nitrogen and oxygen atoms in total. The van der Waals surface area contributed by atoms with Crippen LogP contribution in [-0.4, -0.2) is 33.3 Å². The predicted octanol–water partition coefficient (Wildman–Crippen LogP) is 1.99. The normalized spacial score (nSPS) is 10.1. The largest absolute Gasteiger partial charge is 0.344 e. The quantitative estimate of drug-likeness (QED) is 0.735. The third-order valence-corrected chi connectivity index (χ3v) is 3.34. The topological polar surface area (TPSA) is 72.7 Å². The molecule has 0 atom stereocenters.